The van der Waals surface area contributed by atoms with Gasteiger partial charge < -0.3 is 34.2 Å². The summed E-state index contributed by atoms with van der Waals surface area (Å²) in [7, 11) is -9.77. The molecule has 0 amide bonds. The van der Waals surface area contributed by atoms with Gasteiger partial charge in [0.2, 0.25) is 0 Å². The van der Waals surface area contributed by atoms with Crippen molar-refractivity contribution in [3.05, 3.63) is 72.9 Å². The molecule has 0 radical (unpaired) electrons. The molecule has 16 nitrogen and oxygen atoms in total. The number of unbranched alkanes of at least 4 members (excludes halogenated alkanes) is 24. The summed E-state index contributed by atoms with van der Waals surface area (Å²) >= 11 is 0. The van der Waals surface area contributed by atoms with E-state index < -0.39 is 91.5 Å². The van der Waals surface area contributed by atoms with Crippen LogP contribution in [0.4, 0.5) is 0 Å². The summed E-state index contributed by atoms with van der Waals surface area (Å²) in [6, 6.07) is 0. The second kappa shape index (κ2) is 57.4. The van der Waals surface area contributed by atoms with Gasteiger partial charge in [0.15, 0.2) is 6.10 Å². The van der Waals surface area contributed by atoms with Crippen molar-refractivity contribution in [2.45, 2.75) is 270 Å². The van der Waals surface area contributed by atoms with E-state index in [1.165, 1.54) is 70.6 Å². The largest absolute Gasteiger partial charge is 0.472 e. The fourth-order valence-electron chi connectivity index (χ4n) is 8.12. The Balaban J connectivity index is 4.69. The van der Waals surface area contributed by atoms with Crippen LogP contribution in [0.3, 0.4) is 0 Å². The van der Waals surface area contributed by atoms with E-state index in [0.717, 1.165) is 122 Å². The predicted molar refractivity (Wildman–Crippen MR) is 325 cm³/mol. The summed E-state index contributed by atoms with van der Waals surface area (Å²) in [5, 5.41) is 20.5. The van der Waals surface area contributed by atoms with E-state index in [4.69, 9.17) is 32.3 Å². The van der Waals surface area contributed by atoms with Gasteiger partial charge in [0, 0.05) is 19.3 Å². The third-order valence-electron chi connectivity index (χ3n) is 12.9. The number of carbonyl (C=O) groups excluding carboxylic acids is 3. The minimum Gasteiger partial charge on any atom is -0.463 e. The van der Waals surface area contributed by atoms with Gasteiger partial charge in [-0.3, -0.25) is 32.5 Å². The van der Waals surface area contributed by atoms with E-state index in [9.17, 15) is 43.5 Å². The van der Waals surface area contributed by atoms with Crippen molar-refractivity contribution in [2.24, 2.45) is 0 Å². The Hall–Kier alpha value is -3.01. The summed E-state index contributed by atoms with van der Waals surface area (Å²) in [4.78, 5) is 58.1. The summed E-state index contributed by atoms with van der Waals surface area (Å²) in [6.45, 7) is 2.48. The van der Waals surface area contributed by atoms with Crippen molar-refractivity contribution < 1.29 is 75.8 Å². The minimum atomic E-state index is -4.92. The fourth-order valence-corrected chi connectivity index (χ4v) is 9.70. The standard InChI is InChI=1S/C63H112O16P2/c1-4-7-10-13-16-19-22-25-27-28-30-33-34-37-40-43-46-49-61(66)73-52-58(64)53-75-80(69,70)76-54-59(65)55-77-81(71,72)78-57-60(79-63(68)51-48-45-42-39-36-31-24-21-18-15-12-9-6-3)56-74-62(67)50-47-44-41-38-35-32-29-26-23-20-17-14-11-8-5-2/h7,10,16-17,19-20,25-27,29-30,33,58-60,64-65H,4-6,8-9,11-15,18,21-24,28,31-32,34-57H2,1-3H3,(H,69,70)(H,71,72)/b10-7-,19-16-,20-17-,27-25-,29-26-,33-30-. The zero-order valence-electron chi connectivity index (χ0n) is 50.4. The molecule has 0 aromatic carbocycles. The van der Waals surface area contributed by atoms with E-state index in [-0.39, 0.29) is 19.3 Å². The van der Waals surface area contributed by atoms with Crippen molar-refractivity contribution in [2.75, 3.05) is 39.6 Å². The van der Waals surface area contributed by atoms with Crippen molar-refractivity contribution in [1.82, 2.24) is 0 Å². The lowest BCUT2D eigenvalue weighted by molar-refractivity contribution is -0.161. The van der Waals surface area contributed by atoms with Gasteiger partial charge in [-0.1, -0.05) is 216 Å². The van der Waals surface area contributed by atoms with Crippen LogP contribution in [0, 0.1) is 0 Å². The summed E-state index contributed by atoms with van der Waals surface area (Å²) in [5.41, 5.74) is 0. The summed E-state index contributed by atoms with van der Waals surface area (Å²) in [5.74, 6) is -1.61. The maximum atomic E-state index is 12.9. The molecular formula is C63H112O16P2. The second-order valence-electron chi connectivity index (χ2n) is 20.8. The van der Waals surface area contributed by atoms with Gasteiger partial charge in [0.1, 0.15) is 25.4 Å². The zero-order chi connectivity index (χ0) is 59.6. The molecule has 4 N–H and O–H groups in total. The molecule has 0 aromatic heterocycles. The Bertz CT molecular complexity index is 1780. The van der Waals surface area contributed by atoms with Gasteiger partial charge in [-0.15, -0.1) is 0 Å². The van der Waals surface area contributed by atoms with Gasteiger partial charge in [0.05, 0.1) is 26.4 Å². The Labute approximate surface area is 490 Å². The number of carbonyl (C=O) groups is 3. The Morgan fingerprint density at radius 2 is 0.654 bits per heavy atom. The Kier molecular flexibility index (Phi) is 55.3. The number of rotatable bonds is 59. The molecule has 0 aromatic rings. The second-order valence-corrected chi connectivity index (χ2v) is 23.7. The molecule has 0 rings (SSSR count). The third kappa shape index (κ3) is 58.6. The van der Waals surface area contributed by atoms with Crippen LogP contribution in [-0.4, -0.2) is 95.9 Å². The lowest BCUT2D eigenvalue weighted by Gasteiger charge is -2.21. The van der Waals surface area contributed by atoms with E-state index in [1.807, 2.05) is 0 Å². The van der Waals surface area contributed by atoms with Crippen LogP contribution < -0.4 is 0 Å². The molecule has 0 aliphatic carbocycles. The zero-order valence-corrected chi connectivity index (χ0v) is 52.2. The molecule has 0 saturated heterocycles. The molecule has 81 heavy (non-hydrogen) atoms. The maximum Gasteiger partial charge on any atom is 0.472 e. The first-order valence-corrected chi connectivity index (χ1v) is 34.2. The Morgan fingerprint density at radius 1 is 0.358 bits per heavy atom. The van der Waals surface area contributed by atoms with Crippen LogP contribution in [0.15, 0.2) is 72.9 Å². The molecular weight excluding hydrogens is 1070 g/mol. The first-order chi connectivity index (χ1) is 39.2. The molecule has 5 atom stereocenters. The molecule has 470 valence electrons. The van der Waals surface area contributed by atoms with Gasteiger partial charge in [0.25, 0.3) is 0 Å². The number of ether oxygens (including phenoxy) is 3. The van der Waals surface area contributed by atoms with Gasteiger partial charge in [-0.2, -0.15) is 0 Å². The van der Waals surface area contributed by atoms with E-state index in [1.54, 1.807) is 0 Å². The highest BCUT2D eigenvalue weighted by atomic mass is 31.2. The molecule has 0 saturated carbocycles. The average Bonchev–Trinajstić information content (AvgIpc) is 3.44. The number of esters is 3. The average molecular weight is 1190 g/mol. The van der Waals surface area contributed by atoms with Crippen LogP contribution in [-0.2, 0) is 55.8 Å². The van der Waals surface area contributed by atoms with E-state index >= 15 is 0 Å². The molecule has 0 heterocycles. The Morgan fingerprint density at radius 3 is 1.06 bits per heavy atom. The van der Waals surface area contributed by atoms with Gasteiger partial charge in [-0.05, 0) is 89.9 Å². The molecule has 18 heteroatoms. The topological polar surface area (TPSA) is 231 Å². The molecule has 0 spiro atoms. The SMILES string of the molecule is CC/C=C\C/C=C\C/C=C\C/C=C\CCCCCCC(=O)OCC(O)COP(=O)(O)OCC(O)COP(=O)(O)OCC(COC(=O)CCCCCCC/C=C\C/C=C\CCCCC)OC(=O)CCCCCCCCCCCCCCC. The quantitative estimate of drug-likeness (QED) is 0.0146. The van der Waals surface area contributed by atoms with Crippen molar-refractivity contribution in [1.29, 1.82) is 0 Å². The van der Waals surface area contributed by atoms with Gasteiger partial charge in [-0.25, -0.2) is 9.13 Å². The first-order valence-electron chi connectivity index (χ1n) is 31.2. The van der Waals surface area contributed by atoms with E-state index in [0.29, 0.717) is 19.3 Å². The van der Waals surface area contributed by atoms with Crippen LogP contribution in [0.2, 0.25) is 0 Å². The number of aliphatic hydroxyl groups excluding tert-OH is 2. The fraction of sp³-hybridized carbons (Fsp3) is 0.762. The van der Waals surface area contributed by atoms with Crippen LogP contribution in [0.25, 0.3) is 0 Å². The number of phosphoric ester groups is 2. The lowest BCUT2D eigenvalue weighted by atomic mass is 10.0. The lowest BCUT2D eigenvalue weighted by Crippen LogP contribution is -2.30. The van der Waals surface area contributed by atoms with Crippen molar-refractivity contribution in [3.8, 4) is 0 Å². The summed E-state index contributed by atoms with van der Waals surface area (Å²) < 4.78 is 60.7. The van der Waals surface area contributed by atoms with Crippen molar-refractivity contribution in [3.63, 3.8) is 0 Å². The predicted octanol–water partition coefficient (Wildman–Crippen LogP) is 16.4. The molecule has 5 unspecified atom stereocenters. The van der Waals surface area contributed by atoms with Gasteiger partial charge >= 0.3 is 33.6 Å². The number of aliphatic hydroxyl groups is 2. The van der Waals surface area contributed by atoms with Crippen LogP contribution >= 0.6 is 15.6 Å². The molecule has 0 bridgehead atoms. The monoisotopic (exact) mass is 1190 g/mol. The smallest absolute Gasteiger partial charge is 0.463 e. The number of phosphoric acid groups is 2. The summed E-state index contributed by atoms with van der Waals surface area (Å²) in [6.07, 6.45) is 56.8. The van der Waals surface area contributed by atoms with Crippen LogP contribution in [0.1, 0.15) is 252 Å². The normalized spacial score (nSPS) is 14.9. The van der Waals surface area contributed by atoms with E-state index in [2.05, 4.69) is 93.7 Å². The highest BCUT2D eigenvalue weighted by molar-refractivity contribution is 7.47. The third-order valence-corrected chi connectivity index (χ3v) is 14.8. The minimum absolute atomic E-state index is 0.105. The number of hydrogen-bond donors (Lipinski definition) is 4. The first kappa shape index (κ1) is 78.0. The van der Waals surface area contributed by atoms with Crippen LogP contribution in [0.5, 0.6) is 0 Å². The molecule has 0 fully saturated rings. The maximum absolute atomic E-state index is 12.9. The highest BCUT2D eigenvalue weighted by Crippen LogP contribution is 2.45. The molecule has 0 aliphatic rings. The number of hydrogen-bond acceptors (Lipinski definition) is 14. The number of allylic oxidation sites excluding steroid dienone is 12. The molecule has 0 aliphatic heterocycles. The van der Waals surface area contributed by atoms with Crippen molar-refractivity contribution >= 4 is 33.6 Å². The highest BCUT2D eigenvalue weighted by Gasteiger charge is 2.29.